The van der Waals surface area contributed by atoms with Crippen LogP contribution < -0.4 is 16.6 Å². The lowest BCUT2D eigenvalue weighted by atomic mass is 10.0. The fourth-order valence-corrected chi connectivity index (χ4v) is 3.24. The summed E-state index contributed by atoms with van der Waals surface area (Å²) in [7, 11) is 2.92. The molecule has 0 aliphatic rings. The molecule has 3 rings (SSSR count). The molecule has 0 saturated heterocycles. The largest absolute Gasteiger partial charge is 0.395 e. The van der Waals surface area contributed by atoms with Crippen LogP contribution in [0.4, 0.5) is 5.69 Å². The zero-order chi connectivity index (χ0) is 22.0. The number of aromatic nitrogens is 4. The molecule has 30 heavy (non-hydrogen) atoms. The van der Waals surface area contributed by atoms with E-state index in [1.165, 1.54) is 49.3 Å². The monoisotopic (exact) mass is 418 g/mol. The van der Waals surface area contributed by atoms with E-state index in [4.69, 9.17) is 0 Å². The maximum absolute atomic E-state index is 12.4. The quantitative estimate of drug-likeness (QED) is 0.311. The number of aliphatic hydroxyl groups is 2. The zero-order valence-corrected chi connectivity index (χ0v) is 16.4. The molecular formula is C18H22N6O6. The lowest BCUT2D eigenvalue weighted by Crippen LogP contribution is -2.40. The summed E-state index contributed by atoms with van der Waals surface area (Å²) in [4.78, 5) is 38.8. The number of nitro benzene ring substituents is 1. The van der Waals surface area contributed by atoms with E-state index in [9.17, 15) is 29.9 Å². The minimum absolute atomic E-state index is 0.0950. The average Bonchev–Trinajstić information content (AvgIpc) is 3.17. The Morgan fingerprint density at radius 1 is 1.20 bits per heavy atom. The van der Waals surface area contributed by atoms with Crippen LogP contribution in [0.2, 0.25) is 0 Å². The Kier molecular flexibility index (Phi) is 6.10. The minimum atomic E-state index is -1.09. The molecule has 0 unspecified atom stereocenters. The molecule has 0 aliphatic heterocycles. The minimum Gasteiger partial charge on any atom is -0.395 e. The molecule has 160 valence electrons. The third kappa shape index (κ3) is 3.87. The molecule has 2 heterocycles. The van der Waals surface area contributed by atoms with Crippen LogP contribution in [-0.4, -0.2) is 53.0 Å². The van der Waals surface area contributed by atoms with Gasteiger partial charge < -0.3 is 20.1 Å². The van der Waals surface area contributed by atoms with Crippen LogP contribution in [0, 0.1) is 10.1 Å². The number of nitrogens with zero attached hydrogens (tertiary/aromatic N) is 5. The first-order chi connectivity index (χ1) is 14.3. The molecule has 0 aliphatic carbocycles. The van der Waals surface area contributed by atoms with E-state index < -0.39 is 28.3 Å². The van der Waals surface area contributed by atoms with Gasteiger partial charge in [-0.3, -0.25) is 24.0 Å². The molecule has 1 aromatic carbocycles. The third-order valence-electron chi connectivity index (χ3n) is 5.00. The van der Waals surface area contributed by atoms with Gasteiger partial charge in [-0.25, -0.2) is 9.78 Å². The van der Waals surface area contributed by atoms with Crippen molar-refractivity contribution in [3.63, 3.8) is 0 Å². The number of aliphatic hydroxyl groups excluding tert-OH is 2. The number of rotatable bonds is 8. The summed E-state index contributed by atoms with van der Waals surface area (Å²) in [5, 5.41) is 33.9. The van der Waals surface area contributed by atoms with Gasteiger partial charge in [0.2, 0.25) is 0 Å². The van der Waals surface area contributed by atoms with Gasteiger partial charge in [-0.05, 0) is 17.7 Å². The van der Waals surface area contributed by atoms with Crippen molar-refractivity contribution in [2.45, 2.75) is 18.7 Å². The predicted octanol–water partition coefficient (Wildman–Crippen LogP) is -0.974. The lowest BCUT2D eigenvalue weighted by Gasteiger charge is -2.22. The number of nitro groups is 1. The summed E-state index contributed by atoms with van der Waals surface area (Å²) in [6, 6.07) is 4.70. The maximum atomic E-state index is 12.4. The maximum Gasteiger partial charge on any atom is 0.332 e. The van der Waals surface area contributed by atoms with Crippen molar-refractivity contribution in [3.05, 3.63) is 67.1 Å². The van der Waals surface area contributed by atoms with Crippen molar-refractivity contribution in [2.75, 3.05) is 13.2 Å². The fourth-order valence-electron chi connectivity index (χ4n) is 3.24. The second-order valence-corrected chi connectivity index (χ2v) is 6.85. The Bertz CT molecular complexity index is 1180. The Morgan fingerprint density at radius 2 is 1.87 bits per heavy atom. The van der Waals surface area contributed by atoms with Gasteiger partial charge in [0.15, 0.2) is 11.2 Å². The highest BCUT2D eigenvalue weighted by molar-refractivity contribution is 5.69. The molecule has 12 heteroatoms. The summed E-state index contributed by atoms with van der Waals surface area (Å²) in [6.45, 7) is 0.208. The van der Waals surface area contributed by atoms with Crippen molar-refractivity contribution >= 4 is 16.9 Å². The van der Waals surface area contributed by atoms with Crippen LogP contribution in [0.3, 0.4) is 0 Å². The molecular weight excluding hydrogens is 396 g/mol. The summed E-state index contributed by atoms with van der Waals surface area (Å²) in [5.74, 6) is 0. The molecule has 0 radical (unpaired) electrons. The molecule has 0 spiro atoms. The Labute approximate surface area is 169 Å². The van der Waals surface area contributed by atoms with Gasteiger partial charge in [-0.15, -0.1) is 0 Å². The number of imidazole rings is 1. The number of hydrogen-bond acceptors (Lipinski definition) is 8. The average molecular weight is 418 g/mol. The van der Waals surface area contributed by atoms with Gasteiger partial charge in [-0.2, -0.15) is 0 Å². The predicted molar refractivity (Wildman–Crippen MR) is 107 cm³/mol. The van der Waals surface area contributed by atoms with Crippen molar-refractivity contribution in [2.24, 2.45) is 14.1 Å². The smallest absolute Gasteiger partial charge is 0.332 e. The van der Waals surface area contributed by atoms with Crippen molar-refractivity contribution in [3.8, 4) is 0 Å². The van der Waals surface area contributed by atoms with Crippen LogP contribution >= 0.6 is 0 Å². The van der Waals surface area contributed by atoms with E-state index in [2.05, 4.69) is 10.3 Å². The molecule has 0 bridgehead atoms. The first-order valence-corrected chi connectivity index (χ1v) is 9.13. The van der Waals surface area contributed by atoms with Gasteiger partial charge in [0.1, 0.15) is 0 Å². The molecule has 3 aromatic rings. The van der Waals surface area contributed by atoms with Crippen molar-refractivity contribution in [1.82, 2.24) is 24.0 Å². The molecule has 3 N–H and O–H groups in total. The molecule has 12 nitrogen and oxygen atoms in total. The van der Waals surface area contributed by atoms with Crippen LogP contribution in [0.5, 0.6) is 0 Å². The van der Waals surface area contributed by atoms with E-state index in [-0.39, 0.29) is 30.0 Å². The van der Waals surface area contributed by atoms with Crippen LogP contribution in [-0.2, 0) is 20.6 Å². The number of fused-ring (bicyclic) bond motifs is 1. The van der Waals surface area contributed by atoms with Crippen molar-refractivity contribution < 1.29 is 15.1 Å². The topological polar surface area (TPSA) is 157 Å². The number of non-ortho nitro benzene ring substituents is 1. The number of nitrogens with one attached hydrogen (secondary N) is 1. The van der Waals surface area contributed by atoms with E-state index in [0.29, 0.717) is 12.1 Å². The highest BCUT2D eigenvalue weighted by atomic mass is 16.6. The molecule has 2 atom stereocenters. The molecule has 0 saturated carbocycles. The second kappa shape index (κ2) is 8.57. The van der Waals surface area contributed by atoms with E-state index in [1.54, 1.807) is 4.57 Å². The number of benzene rings is 1. The standard InChI is InChI=1S/C18H22N6O6/c1-21-16-14(17(27)22(2)18(21)28)23(10-20-16)8-7-19-13(9-25)15(26)11-3-5-12(6-4-11)24(29)30/h3-6,10,13,15,19,25-26H,7-9H2,1-2H3/t13-,15+/m1/s1. The summed E-state index contributed by atoms with van der Waals surface area (Å²) in [6.07, 6.45) is 0.359. The van der Waals surface area contributed by atoms with Crippen LogP contribution in [0.25, 0.3) is 11.2 Å². The van der Waals surface area contributed by atoms with E-state index in [1.807, 2.05) is 0 Å². The number of aryl methyl sites for hydroxylation is 1. The molecule has 0 fully saturated rings. The van der Waals surface area contributed by atoms with Gasteiger partial charge in [-0.1, -0.05) is 0 Å². The normalized spacial score (nSPS) is 13.5. The molecule has 2 aromatic heterocycles. The van der Waals surface area contributed by atoms with Crippen molar-refractivity contribution in [1.29, 1.82) is 0 Å². The Hall–Kier alpha value is -3.35. The van der Waals surface area contributed by atoms with E-state index >= 15 is 0 Å². The van der Waals surface area contributed by atoms with E-state index in [0.717, 1.165) is 4.57 Å². The summed E-state index contributed by atoms with van der Waals surface area (Å²) in [5.41, 5.74) is -0.0604. The van der Waals surface area contributed by atoms with Crippen LogP contribution in [0.1, 0.15) is 11.7 Å². The van der Waals surface area contributed by atoms with Gasteiger partial charge >= 0.3 is 5.69 Å². The molecule has 0 amide bonds. The highest BCUT2D eigenvalue weighted by Crippen LogP contribution is 2.20. The first kappa shape index (κ1) is 21.4. The fraction of sp³-hybridized carbons (Fsp3) is 0.389. The van der Waals surface area contributed by atoms with Gasteiger partial charge in [0, 0.05) is 39.3 Å². The van der Waals surface area contributed by atoms with Gasteiger partial charge in [0.25, 0.3) is 11.2 Å². The SMILES string of the molecule is Cn1c(=O)c2c(ncn2CCN[C@H](CO)[C@@H](O)c2ccc([N+](=O)[O-])cc2)n(C)c1=O. The highest BCUT2D eigenvalue weighted by Gasteiger charge is 2.21. The van der Waals surface area contributed by atoms with Gasteiger partial charge in [0.05, 0.1) is 30.0 Å². The Morgan fingerprint density at radius 3 is 2.47 bits per heavy atom. The zero-order valence-electron chi connectivity index (χ0n) is 16.4. The second-order valence-electron chi connectivity index (χ2n) is 6.85. The number of hydrogen-bond donors (Lipinski definition) is 3. The van der Waals surface area contributed by atoms with Crippen LogP contribution in [0.15, 0.2) is 40.2 Å². The first-order valence-electron chi connectivity index (χ1n) is 9.13. The summed E-state index contributed by atoms with van der Waals surface area (Å²) < 4.78 is 3.88. The Balaban J connectivity index is 1.72. The third-order valence-corrected chi connectivity index (χ3v) is 5.00. The lowest BCUT2D eigenvalue weighted by molar-refractivity contribution is -0.384. The summed E-state index contributed by atoms with van der Waals surface area (Å²) >= 11 is 0.